The lowest BCUT2D eigenvalue weighted by molar-refractivity contribution is -0.143. The quantitative estimate of drug-likeness (QED) is 0.208. The van der Waals surface area contributed by atoms with Gasteiger partial charge in [-0.15, -0.1) is 0 Å². The SMILES string of the molecule is CCCCCCCN(C(=O)C(NC(=O)OC(C)(C)C)C(C)CC)C(C(=O)NCCCC)c1ccc(O)c(C)c1. The predicted molar refractivity (Wildman–Crippen MR) is 157 cm³/mol. The van der Waals surface area contributed by atoms with Gasteiger partial charge in [-0.25, -0.2) is 4.79 Å². The fourth-order valence-electron chi connectivity index (χ4n) is 4.36. The number of ether oxygens (including phenoxy) is 1. The van der Waals surface area contributed by atoms with Crippen LogP contribution in [0.25, 0.3) is 0 Å². The monoisotopic (exact) mass is 547 g/mol. The molecule has 0 radical (unpaired) electrons. The molecule has 222 valence electrons. The molecule has 0 heterocycles. The molecule has 3 unspecified atom stereocenters. The molecular weight excluding hydrogens is 494 g/mol. The van der Waals surface area contributed by atoms with E-state index in [1.807, 2.05) is 13.8 Å². The highest BCUT2D eigenvalue weighted by atomic mass is 16.6. The first kappa shape index (κ1) is 34.3. The number of alkyl carbamates (subject to hydrolysis) is 1. The number of benzene rings is 1. The van der Waals surface area contributed by atoms with Crippen molar-refractivity contribution in [1.82, 2.24) is 15.5 Å². The van der Waals surface area contributed by atoms with Crippen LogP contribution < -0.4 is 10.6 Å². The summed E-state index contributed by atoms with van der Waals surface area (Å²) < 4.78 is 5.48. The molecule has 0 aromatic heterocycles. The van der Waals surface area contributed by atoms with Gasteiger partial charge in [0.15, 0.2) is 0 Å². The molecule has 0 aliphatic rings. The third-order valence-corrected chi connectivity index (χ3v) is 6.86. The Bertz CT molecular complexity index is 912. The van der Waals surface area contributed by atoms with Gasteiger partial charge in [-0.2, -0.15) is 0 Å². The molecule has 0 saturated heterocycles. The van der Waals surface area contributed by atoms with Crippen molar-refractivity contribution in [1.29, 1.82) is 0 Å². The van der Waals surface area contributed by atoms with Gasteiger partial charge in [0.1, 0.15) is 23.4 Å². The smallest absolute Gasteiger partial charge is 0.408 e. The number of carbonyl (C=O) groups is 3. The van der Waals surface area contributed by atoms with Crippen molar-refractivity contribution in [2.45, 2.75) is 124 Å². The molecule has 1 aromatic rings. The zero-order valence-corrected chi connectivity index (χ0v) is 25.6. The molecule has 0 spiro atoms. The zero-order valence-electron chi connectivity index (χ0n) is 25.6. The molecule has 3 atom stereocenters. The van der Waals surface area contributed by atoms with Crippen molar-refractivity contribution in [2.75, 3.05) is 13.1 Å². The van der Waals surface area contributed by atoms with Crippen LogP contribution in [0.1, 0.15) is 117 Å². The van der Waals surface area contributed by atoms with Gasteiger partial charge in [-0.05, 0) is 69.7 Å². The molecule has 0 fully saturated rings. The van der Waals surface area contributed by atoms with Gasteiger partial charge in [0.25, 0.3) is 0 Å². The van der Waals surface area contributed by atoms with Gasteiger partial charge in [0.05, 0.1) is 0 Å². The number of unbranched alkanes of at least 4 members (excludes halogenated alkanes) is 5. The zero-order chi connectivity index (χ0) is 29.6. The highest BCUT2D eigenvalue weighted by Crippen LogP contribution is 2.28. The molecule has 3 amide bonds. The number of aryl methyl sites for hydroxylation is 1. The van der Waals surface area contributed by atoms with E-state index in [-0.39, 0.29) is 23.5 Å². The van der Waals surface area contributed by atoms with Crippen LogP contribution in [0.4, 0.5) is 4.79 Å². The topological polar surface area (TPSA) is 108 Å². The summed E-state index contributed by atoms with van der Waals surface area (Å²) in [5.74, 6) is -0.633. The van der Waals surface area contributed by atoms with Gasteiger partial charge in [-0.1, -0.05) is 72.3 Å². The van der Waals surface area contributed by atoms with Crippen LogP contribution in [0.2, 0.25) is 0 Å². The average molecular weight is 548 g/mol. The summed E-state index contributed by atoms with van der Waals surface area (Å²) in [4.78, 5) is 42.4. The first-order chi connectivity index (χ1) is 18.4. The number of hydrogen-bond acceptors (Lipinski definition) is 5. The molecule has 1 aromatic carbocycles. The van der Waals surface area contributed by atoms with Gasteiger partial charge in [-0.3, -0.25) is 9.59 Å². The molecule has 8 heteroatoms. The molecule has 0 aliphatic carbocycles. The van der Waals surface area contributed by atoms with Gasteiger partial charge >= 0.3 is 6.09 Å². The van der Waals surface area contributed by atoms with Crippen molar-refractivity contribution < 1.29 is 24.2 Å². The molecular formula is C31H53N3O5. The molecule has 39 heavy (non-hydrogen) atoms. The Morgan fingerprint density at radius 2 is 1.64 bits per heavy atom. The Labute approximate surface area is 236 Å². The molecule has 1 rings (SSSR count). The van der Waals surface area contributed by atoms with Crippen molar-refractivity contribution in [3.8, 4) is 5.75 Å². The number of aromatic hydroxyl groups is 1. The van der Waals surface area contributed by atoms with Gasteiger partial charge in [0.2, 0.25) is 11.8 Å². The largest absolute Gasteiger partial charge is 0.508 e. The van der Waals surface area contributed by atoms with Crippen LogP contribution in [-0.2, 0) is 14.3 Å². The van der Waals surface area contributed by atoms with Gasteiger partial charge < -0.3 is 25.4 Å². The molecule has 3 N–H and O–H groups in total. The van der Waals surface area contributed by atoms with E-state index >= 15 is 0 Å². The van der Waals surface area contributed by atoms with E-state index in [9.17, 15) is 19.5 Å². The Morgan fingerprint density at radius 1 is 1.00 bits per heavy atom. The number of carbonyl (C=O) groups excluding carboxylic acids is 3. The van der Waals surface area contributed by atoms with E-state index in [1.54, 1.807) is 50.8 Å². The number of rotatable bonds is 16. The van der Waals surface area contributed by atoms with Crippen molar-refractivity contribution in [2.24, 2.45) is 5.92 Å². The Hall–Kier alpha value is -2.77. The van der Waals surface area contributed by atoms with Crippen molar-refractivity contribution in [3.05, 3.63) is 29.3 Å². The summed E-state index contributed by atoms with van der Waals surface area (Å²) >= 11 is 0. The minimum atomic E-state index is -0.896. The number of nitrogens with one attached hydrogen (secondary N) is 2. The predicted octanol–water partition coefficient (Wildman–Crippen LogP) is 6.40. The highest BCUT2D eigenvalue weighted by Gasteiger charge is 2.38. The molecule has 8 nitrogen and oxygen atoms in total. The van der Waals surface area contributed by atoms with Crippen molar-refractivity contribution >= 4 is 17.9 Å². The second kappa shape index (κ2) is 17.0. The maximum atomic E-state index is 14.3. The fourth-order valence-corrected chi connectivity index (χ4v) is 4.36. The number of phenolic OH excluding ortho intramolecular Hbond substituents is 1. The summed E-state index contributed by atoms with van der Waals surface area (Å²) in [7, 11) is 0. The molecule has 0 aliphatic heterocycles. The number of hydrogen-bond donors (Lipinski definition) is 3. The maximum absolute atomic E-state index is 14.3. The Morgan fingerprint density at radius 3 is 2.21 bits per heavy atom. The summed E-state index contributed by atoms with van der Waals surface area (Å²) in [6.07, 6.45) is 6.69. The number of nitrogens with zero attached hydrogens (tertiary/aromatic N) is 1. The number of phenols is 1. The van der Waals surface area contributed by atoms with E-state index in [0.717, 1.165) is 44.9 Å². The minimum absolute atomic E-state index is 0.130. The summed E-state index contributed by atoms with van der Waals surface area (Å²) in [5, 5.41) is 16.0. The highest BCUT2D eigenvalue weighted by molar-refractivity contribution is 5.92. The lowest BCUT2D eigenvalue weighted by Crippen LogP contribution is -2.55. The van der Waals surface area contributed by atoms with Crippen LogP contribution in [0.3, 0.4) is 0 Å². The fraction of sp³-hybridized carbons (Fsp3) is 0.710. The van der Waals surface area contributed by atoms with E-state index < -0.39 is 23.8 Å². The summed E-state index contributed by atoms with van der Waals surface area (Å²) in [6.45, 7) is 16.1. The average Bonchev–Trinajstić information content (AvgIpc) is 2.86. The lowest BCUT2D eigenvalue weighted by atomic mass is 9.95. The molecule has 0 bridgehead atoms. The summed E-state index contributed by atoms with van der Waals surface area (Å²) in [6, 6.07) is 3.27. The van der Waals surface area contributed by atoms with Crippen LogP contribution in [0.15, 0.2) is 18.2 Å². The molecule has 0 saturated carbocycles. The lowest BCUT2D eigenvalue weighted by Gasteiger charge is -2.36. The number of amides is 3. The van der Waals surface area contributed by atoms with E-state index in [4.69, 9.17) is 4.74 Å². The van der Waals surface area contributed by atoms with Gasteiger partial charge in [0, 0.05) is 13.1 Å². The summed E-state index contributed by atoms with van der Waals surface area (Å²) in [5.41, 5.74) is 0.540. The minimum Gasteiger partial charge on any atom is -0.508 e. The normalized spacial score (nSPS) is 13.7. The first-order valence-corrected chi connectivity index (χ1v) is 14.7. The Balaban J connectivity index is 3.51. The third-order valence-electron chi connectivity index (χ3n) is 6.86. The second-order valence-corrected chi connectivity index (χ2v) is 11.5. The van der Waals surface area contributed by atoms with Crippen molar-refractivity contribution in [3.63, 3.8) is 0 Å². The third kappa shape index (κ3) is 11.9. The maximum Gasteiger partial charge on any atom is 0.408 e. The standard InChI is InChI=1S/C31H53N3O5/c1-9-12-14-15-16-20-34(29(37)26(22(4)11-3)33-30(38)39-31(6,7)8)27(28(36)32-19-13-10-2)24-17-18-25(35)23(5)21-24/h17-18,21-22,26-27,35H,9-16,19-20H2,1-8H3,(H,32,36)(H,33,38). The van der Waals surface area contributed by atoms with Crippen LogP contribution in [-0.4, -0.2) is 52.6 Å². The Kier molecular flexibility index (Phi) is 15.0. The van der Waals surface area contributed by atoms with E-state index in [1.165, 1.54) is 0 Å². The van der Waals surface area contributed by atoms with Crippen LogP contribution >= 0.6 is 0 Å². The first-order valence-electron chi connectivity index (χ1n) is 14.7. The second-order valence-electron chi connectivity index (χ2n) is 11.5. The van der Waals surface area contributed by atoms with Crippen LogP contribution in [0, 0.1) is 12.8 Å². The van der Waals surface area contributed by atoms with E-state index in [2.05, 4.69) is 24.5 Å². The van der Waals surface area contributed by atoms with E-state index in [0.29, 0.717) is 30.6 Å². The van der Waals surface area contributed by atoms with Crippen LogP contribution in [0.5, 0.6) is 5.75 Å².